The highest BCUT2D eigenvalue weighted by Crippen LogP contribution is 2.11. The molecule has 0 radical (unpaired) electrons. The van der Waals surface area contributed by atoms with E-state index in [1.54, 1.807) is 19.9 Å². The molecule has 14 heavy (non-hydrogen) atoms. The minimum absolute atomic E-state index is 0.268. The maximum absolute atomic E-state index is 13.7. The third-order valence-electron chi connectivity index (χ3n) is 1.46. The van der Waals surface area contributed by atoms with E-state index in [-0.39, 0.29) is 13.2 Å². The lowest BCUT2D eigenvalue weighted by atomic mass is 10.3. The summed E-state index contributed by atoms with van der Waals surface area (Å²) in [4.78, 5) is 0. The van der Waals surface area contributed by atoms with E-state index in [2.05, 4.69) is 6.58 Å². The molecule has 5 heteroatoms. The molecule has 0 heterocycles. The van der Waals surface area contributed by atoms with E-state index >= 15 is 0 Å². The number of hydrogen-bond donors (Lipinski definition) is 0. The molecule has 0 atom stereocenters. The summed E-state index contributed by atoms with van der Waals surface area (Å²) in [6, 6.07) is 0. The highest BCUT2D eigenvalue weighted by molar-refractivity contribution is 6.52. The minimum Gasteiger partial charge on any atom is -0.348 e. The van der Waals surface area contributed by atoms with Crippen LogP contribution in [-0.2, 0) is 13.3 Å². The maximum Gasteiger partial charge on any atom is 0.720 e. The van der Waals surface area contributed by atoms with Gasteiger partial charge in [-0.1, -0.05) is 6.08 Å². The van der Waals surface area contributed by atoms with E-state index in [0.29, 0.717) is 6.61 Å². The second-order valence-corrected chi connectivity index (χ2v) is 4.46. The van der Waals surface area contributed by atoms with Gasteiger partial charge in [0.1, 0.15) is 0 Å². The zero-order valence-corrected chi connectivity index (χ0v) is 9.92. The van der Waals surface area contributed by atoms with Gasteiger partial charge < -0.3 is 13.3 Å². The first-order valence-electron chi connectivity index (χ1n) is 4.90. The molecule has 0 aliphatic rings. The van der Waals surface area contributed by atoms with Crippen molar-refractivity contribution in [2.75, 3.05) is 19.8 Å². The van der Waals surface area contributed by atoms with Gasteiger partial charge in [0.2, 0.25) is 0 Å². The van der Waals surface area contributed by atoms with Crippen molar-refractivity contribution in [1.29, 1.82) is 0 Å². The summed E-state index contributed by atoms with van der Waals surface area (Å²) in [5.74, 6) is 0. The summed E-state index contributed by atoms with van der Waals surface area (Å²) in [7, 11) is -3.83. The van der Waals surface area contributed by atoms with Gasteiger partial charge in [0.25, 0.3) is 0 Å². The summed E-state index contributed by atoms with van der Waals surface area (Å²) in [5.41, 5.74) is 0. The monoisotopic (exact) mass is 222 g/mol. The summed E-state index contributed by atoms with van der Waals surface area (Å²) in [6.07, 6.45) is 3.32. The van der Waals surface area contributed by atoms with Gasteiger partial charge in [0.15, 0.2) is 0 Å². The van der Waals surface area contributed by atoms with E-state index in [0.717, 1.165) is 12.8 Å². The highest BCUT2D eigenvalue weighted by Gasteiger charge is 2.43. The van der Waals surface area contributed by atoms with Gasteiger partial charge >= 0.3 is 9.14 Å². The average molecular weight is 222 g/mol. The highest BCUT2D eigenvalue weighted by atomic mass is 28.4. The SMILES string of the molecule is C=CCCCO[Si](F)(OCC)OCC. The Hall–Kier alpha value is -0.233. The van der Waals surface area contributed by atoms with Crippen LogP contribution in [0.2, 0.25) is 0 Å². The van der Waals surface area contributed by atoms with Crippen LogP contribution in [0.15, 0.2) is 12.7 Å². The first-order valence-corrected chi connectivity index (χ1v) is 6.50. The predicted molar refractivity (Wildman–Crippen MR) is 55.5 cm³/mol. The Morgan fingerprint density at radius 1 is 1.21 bits per heavy atom. The molecule has 3 nitrogen and oxygen atoms in total. The molecule has 0 aromatic rings. The third-order valence-corrected chi connectivity index (χ3v) is 3.28. The van der Waals surface area contributed by atoms with Gasteiger partial charge in [-0.25, -0.2) is 4.11 Å². The molecule has 0 aliphatic carbocycles. The van der Waals surface area contributed by atoms with E-state index in [4.69, 9.17) is 13.3 Å². The Bertz CT molecular complexity index is 149. The molecular weight excluding hydrogens is 203 g/mol. The summed E-state index contributed by atoms with van der Waals surface area (Å²) >= 11 is 0. The zero-order chi connectivity index (χ0) is 10.9. The summed E-state index contributed by atoms with van der Waals surface area (Å²) in [5, 5.41) is 0. The largest absolute Gasteiger partial charge is 0.720 e. The van der Waals surface area contributed by atoms with Crippen LogP contribution in [0.3, 0.4) is 0 Å². The topological polar surface area (TPSA) is 27.7 Å². The van der Waals surface area contributed by atoms with Crippen LogP contribution in [0, 0.1) is 0 Å². The fourth-order valence-electron chi connectivity index (χ4n) is 0.892. The Morgan fingerprint density at radius 2 is 1.79 bits per heavy atom. The van der Waals surface area contributed by atoms with Crippen LogP contribution in [0.1, 0.15) is 26.7 Å². The third kappa shape index (κ3) is 6.26. The molecule has 0 bridgehead atoms. The molecule has 0 fully saturated rings. The molecule has 0 aliphatic heterocycles. The molecule has 0 spiro atoms. The van der Waals surface area contributed by atoms with Crippen LogP contribution in [0.4, 0.5) is 4.11 Å². The smallest absolute Gasteiger partial charge is 0.348 e. The maximum atomic E-state index is 13.7. The lowest BCUT2D eigenvalue weighted by Gasteiger charge is -2.19. The molecule has 0 saturated heterocycles. The molecule has 0 aromatic heterocycles. The Morgan fingerprint density at radius 3 is 2.21 bits per heavy atom. The van der Waals surface area contributed by atoms with Gasteiger partial charge in [-0.2, -0.15) is 0 Å². The van der Waals surface area contributed by atoms with Gasteiger partial charge in [-0.05, 0) is 26.7 Å². The normalized spacial score (nSPS) is 11.6. The van der Waals surface area contributed by atoms with Crippen LogP contribution < -0.4 is 0 Å². The molecule has 0 saturated carbocycles. The van der Waals surface area contributed by atoms with Crippen molar-refractivity contribution in [3.8, 4) is 0 Å². The van der Waals surface area contributed by atoms with Crippen LogP contribution in [0.25, 0.3) is 0 Å². The Labute approximate surface area is 86.4 Å². The molecule has 0 rings (SSSR count). The van der Waals surface area contributed by atoms with Crippen molar-refractivity contribution in [2.45, 2.75) is 26.7 Å². The van der Waals surface area contributed by atoms with E-state index in [1.165, 1.54) is 0 Å². The number of rotatable bonds is 9. The quantitative estimate of drug-likeness (QED) is 0.259. The van der Waals surface area contributed by atoms with Gasteiger partial charge in [0.05, 0.1) is 0 Å². The zero-order valence-electron chi connectivity index (χ0n) is 8.92. The molecule has 0 N–H and O–H groups in total. The molecule has 84 valence electrons. The van der Waals surface area contributed by atoms with Crippen molar-refractivity contribution in [2.24, 2.45) is 0 Å². The van der Waals surface area contributed by atoms with E-state index < -0.39 is 9.14 Å². The Kier molecular flexibility index (Phi) is 7.97. The van der Waals surface area contributed by atoms with Crippen molar-refractivity contribution < 1.29 is 17.4 Å². The summed E-state index contributed by atoms with van der Waals surface area (Å²) in [6.45, 7) is 7.85. The molecule has 0 amide bonds. The average Bonchev–Trinajstić information content (AvgIpc) is 2.13. The van der Waals surface area contributed by atoms with Crippen LogP contribution in [-0.4, -0.2) is 29.0 Å². The van der Waals surface area contributed by atoms with Crippen LogP contribution >= 0.6 is 0 Å². The number of unbranched alkanes of at least 4 members (excludes halogenated alkanes) is 1. The number of hydrogen-bond acceptors (Lipinski definition) is 3. The van der Waals surface area contributed by atoms with Crippen LogP contribution in [0.5, 0.6) is 0 Å². The van der Waals surface area contributed by atoms with Crippen molar-refractivity contribution in [3.05, 3.63) is 12.7 Å². The fourth-order valence-corrected chi connectivity index (χ4v) is 2.22. The fraction of sp³-hybridized carbons (Fsp3) is 0.778. The molecular formula is C9H19FO3Si. The minimum atomic E-state index is -3.83. The molecule has 0 unspecified atom stereocenters. The van der Waals surface area contributed by atoms with E-state index in [9.17, 15) is 4.11 Å². The lowest BCUT2D eigenvalue weighted by molar-refractivity contribution is 0.0264. The first kappa shape index (κ1) is 13.8. The van der Waals surface area contributed by atoms with Gasteiger partial charge in [0, 0.05) is 19.8 Å². The van der Waals surface area contributed by atoms with Gasteiger partial charge in [-0.3, -0.25) is 0 Å². The van der Waals surface area contributed by atoms with Crippen molar-refractivity contribution in [1.82, 2.24) is 0 Å². The standard InChI is InChI=1S/C9H19FO3Si/c1-4-7-8-9-13-14(10,11-5-2)12-6-3/h4H,1,5-9H2,2-3H3. The first-order chi connectivity index (χ1) is 6.68. The number of allylic oxidation sites excluding steroid dienone is 1. The molecule has 0 aromatic carbocycles. The second-order valence-electron chi connectivity index (χ2n) is 2.63. The van der Waals surface area contributed by atoms with Crippen molar-refractivity contribution >= 4 is 9.14 Å². The van der Waals surface area contributed by atoms with E-state index in [1.807, 2.05) is 0 Å². The van der Waals surface area contributed by atoms with Gasteiger partial charge in [-0.15, -0.1) is 6.58 Å². The lowest BCUT2D eigenvalue weighted by Crippen LogP contribution is -2.41. The van der Waals surface area contributed by atoms with Crippen molar-refractivity contribution in [3.63, 3.8) is 0 Å². The summed E-state index contributed by atoms with van der Waals surface area (Å²) < 4.78 is 28.4. The number of halogens is 1. The second kappa shape index (κ2) is 8.11. The predicted octanol–water partition coefficient (Wildman–Crippen LogP) is 2.45. The Balaban J connectivity index is 3.76.